The van der Waals surface area contributed by atoms with Crippen LogP contribution in [0, 0.1) is 5.92 Å². The molecule has 116 valence electrons. The lowest BCUT2D eigenvalue weighted by atomic mass is 10.0. The highest BCUT2D eigenvalue weighted by molar-refractivity contribution is 9.10. The predicted octanol–water partition coefficient (Wildman–Crippen LogP) is 6.02. The average molecular weight is 388 g/mol. The van der Waals surface area contributed by atoms with Gasteiger partial charge in [0, 0.05) is 15.9 Å². The molecule has 0 bridgehead atoms. The monoisotopic (exact) mass is 386 g/mol. The maximum atomic E-state index is 13.5. The van der Waals surface area contributed by atoms with Crippen LogP contribution in [0.4, 0.5) is 8.78 Å². The molecule has 2 aromatic rings. The molecule has 22 heavy (non-hydrogen) atoms. The number of hydrogen-bond acceptors (Lipinski definition) is 1. The topological polar surface area (TPSA) is 9.23 Å². The molecule has 0 saturated heterocycles. The first-order valence-corrected chi connectivity index (χ1v) is 8.12. The molecular weight excluding hydrogens is 374 g/mol. The van der Waals surface area contributed by atoms with Crippen LogP contribution >= 0.6 is 27.5 Å². The molecule has 2 atom stereocenters. The zero-order valence-corrected chi connectivity index (χ0v) is 13.9. The van der Waals surface area contributed by atoms with Crippen LogP contribution in [-0.4, -0.2) is 5.92 Å². The van der Waals surface area contributed by atoms with Crippen LogP contribution in [0.25, 0.3) is 0 Å². The number of rotatable bonds is 5. The highest BCUT2D eigenvalue weighted by Crippen LogP contribution is 2.56. The van der Waals surface area contributed by atoms with Crippen molar-refractivity contribution >= 4 is 27.5 Å². The van der Waals surface area contributed by atoms with Gasteiger partial charge in [0.05, 0.1) is 18.6 Å². The van der Waals surface area contributed by atoms with Gasteiger partial charge < -0.3 is 4.74 Å². The molecule has 1 saturated carbocycles. The van der Waals surface area contributed by atoms with Gasteiger partial charge in [0.25, 0.3) is 5.92 Å². The average Bonchev–Trinajstić information content (AvgIpc) is 3.10. The number of ether oxygens (including phenoxy) is 1. The van der Waals surface area contributed by atoms with Crippen LogP contribution in [0.15, 0.2) is 53.0 Å². The number of alkyl halides is 2. The molecular formula is C17H14BrClF2O. The molecule has 2 aromatic carbocycles. The minimum atomic E-state index is -2.64. The molecule has 0 heterocycles. The van der Waals surface area contributed by atoms with E-state index >= 15 is 0 Å². The Morgan fingerprint density at radius 2 is 1.91 bits per heavy atom. The van der Waals surface area contributed by atoms with Crippen molar-refractivity contribution in [1.82, 2.24) is 0 Å². The van der Waals surface area contributed by atoms with Crippen molar-refractivity contribution < 1.29 is 13.5 Å². The van der Waals surface area contributed by atoms with E-state index in [1.807, 2.05) is 24.3 Å². The summed E-state index contributed by atoms with van der Waals surface area (Å²) in [5.74, 6) is -3.40. The molecule has 1 aliphatic carbocycles. The summed E-state index contributed by atoms with van der Waals surface area (Å²) in [6.45, 7) is 0.291. The number of benzene rings is 2. The third-order valence-corrected chi connectivity index (χ3v) is 4.50. The summed E-state index contributed by atoms with van der Waals surface area (Å²) in [7, 11) is 0. The Labute approximate surface area is 141 Å². The van der Waals surface area contributed by atoms with Gasteiger partial charge >= 0.3 is 0 Å². The Kier molecular flexibility index (Phi) is 4.53. The Morgan fingerprint density at radius 3 is 2.50 bits per heavy atom. The maximum absolute atomic E-state index is 13.5. The van der Waals surface area contributed by atoms with Crippen molar-refractivity contribution in [3.05, 3.63) is 69.2 Å². The largest absolute Gasteiger partial charge is 0.368 e. The van der Waals surface area contributed by atoms with Gasteiger partial charge in [-0.1, -0.05) is 51.8 Å². The standard InChI is InChI=1S/C17H14BrClF2O/c18-13-3-1-2-11(8-13)10-22-16(15-9-17(15,20)21)12-4-6-14(19)7-5-12/h1-8,15-16H,9-10H2. The first-order chi connectivity index (χ1) is 10.5. The molecule has 1 fully saturated rings. The second-order valence-electron chi connectivity index (χ2n) is 5.48. The summed E-state index contributed by atoms with van der Waals surface area (Å²) in [6, 6.07) is 14.5. The molecule has 5 heteroatoms. The first kappa shape index (κ1) is 15.9. The van der Waals surface area contributed by atoms with E-state index in [9.17, 15) is 8.78 Å². The summed E-state index contributed by atoms with van der Waals surface area (Å²) in [5, 5.41) is 0.581. The lowest BCUT2D eigenvalue weighted by Gasteiger charge is -2.18. The number of hydrogen-bond donors (Lipinski definition) is 0. The highest BCUT2D eigenvalue weighted by atomic mass is 79.9. The molecule has 0 aliphatic heterocycles. The summed E-state index contributed by atoms with van der Waals surface area (Å²) in [6.07, 6.45) is -0.745. The normalized spacial score (nSPS) is 20.6. The minimum absolute atomic E-state index is 0.126. The molecule has 0 N–H and O–H groups in total. The summed E-state index contributed by atoms with van der Waals surface area (Å²) in [4.78, 5) is 0. The maximum Gasteiger partial charge on any atom is 0.254 e. The fourth-order valence-electron chi connectivity index (χ4n) is 2.47. The van der Waals surface area contributed by atoms with Crippen molar-refractivity contribution in [1.29, 1.82) is 0 Å². The van der Waals surface area contributed by atoms with E-state index in [-0.39, 0.29) is 6.42 Å². The molecule has 0 aromatic heterocycles. The highest BCUT2D eigenvalue weighted by Gasteiger charge is 2.61. The van der Waals surface area contributed by atoms with E-state index in [1.54, 1.807) is 24.3 Å². The van der Waals surface area contributed by atoms with E-state index in [1.165, 1.54) is 0 Å². The zero-order valence-electron chi connectivity index (χ0n) is 11.6. The van der Waals surface area contributed by atoms with Crippen LogP contribution < -0.4 is 0 Å². The lowest BCUT2D eigenvalue weighted by molar-refractivity contribution is -0.0128. The van der Waals surface area contributed by atoms with Crippen LogP contribution in [0.2, 0.25) is 5.02 Å². The van der Waals surface area contributed by atoms with Gasteiger partial charge in [0.15, 0.2) is 0 Å². The van der Waals surface area contributed by atoms with Gasteiger partial charge in [-0.2, -0.15) is 0 Å². The van der Waals surface area contributed by atoms with Gasteiger partial charge in [0.2, 0.25) is 0 Å². The SMILES string of the molecule is FC1(F)CC1C(OCc1cccc(Br)c1)c1ccc(Cl)cc1. The van der Waals surface area contributed by atoms with Crippen molar-refractivity contribution in [2.24, 2.45) is 5.92 Å². The lowest BCUT2D eigenvalue weighted by Crippen LogP contribution is -2.11. The second kappa shape index (κ2) is 6.26. The molecule has 2 unspecified atom stereocenters. The summed E-state index contributed by atoms with van der Waals surface area (Å²) in [5.41, 5.74) is 1.68. The molecule has 0 amide bonds. The first-order valence-electron chi connectivity index (χ1n) is 6.95. The Balaban J connectivity index is 1.76. The van der Waals surface area contributed by atoms with Gasteiger partial charge in [-0.05, 0) is 35.4 Å². The Morgan fingerprint density at radius 1 is 1.23 bits per heavy atom. The van der Waals surface area contributed by atoms with Gasteiger partial charge in [0.1, 0.15) is 0 Å². The molecule has 3 rings (SSSR count). The van der Waals surface area contributed by atoms with Crippen molar-refractivity contribution in [2.75, 3.05) is 0 Å². The third kappa shape index (κ3) is 3.67. The number of halogens is 4. The quantitative estimate of drug-likeness (QED) is 0.610. The molecule has 1 aliphatic rings. The Hall–Kier alpha value is -0.970. The predicted molar refractivity (Wildman–Crippen MR) is 86.2 cm³/mol. The summed E-state index contributed by atoms with van der Waals surface area (Å²) < 4.78 is 33.7. The smallest absolute Gasteiger partial charge is 0.254 e. The molecule has 1 nitrogen and oxygen atoms in total. The van der Waals surface area contributed by atoms with Gasteiger partial charge in [-0.3, -0.25) is 0 Å². The van der Waals surface area contributed by atoms with Crippen LogP contribution in [0.3, 0.4) is 0 Å². The zero-order chi connectivity index (χ0) is 15.7. The van der Waals surface area contributed by atoms with Gasteiger partial charge in [-0.15, -0.1) is 0 Å². The van der Waals surface area contributed by atoms with Gasteiger partial charge in [-0.25, -0.2) is 8.78 Å². The molecule has 0 radical (unpaired) electrons. The van der Waals surface area contributed by atoms with Crippen LogP contribution in [0.5, 0.6) is 0 Å². The third-order valence-electron chi connectivity index (χ3n) is 3.76. The van der Waals surface area contributed by atoms with E-state index in [2.05, 4.69) is 15.9 Å². The van der Waals surface area contributed by atoms with E-state index in [0.29, 0.717) is 11.6 Å². The van der Waals surface area contributed by atoms with Crippen molar-refractivity contribution in [3.8, 4) is 0 Å². The van der Waals surface area contributed by atoms with Crippen molar-refractivity contribution in [2.45, 2.75) is 25.1 Å². The van der Waals surface area contributed by atoms with Crippen molar-refractivity contribution in [3.63, 3.8) is 0 Å². The molecule has 0 spiro atoms. The van der Waals surface area contributed by atoms with E-state index in [4.69, 9.17) is 16.3 Å². The second-order valence-corrected chi connectivity index (χ2v) is 6.84. The fourth-order valence-corrected chi connectivity index (χ4v) is 3.05. The van der Waals surface area contributed by atoms with Crippen LogP contribution in [-0.2, 0) is 11.3 Å². The fraction of sp³-hybridized carbons (Fsp3) is 0.294. The summed E-state index contributed by atoms with van der Waals surface area (Å²) >= 11 is 9.25. The minimum Gasteiger partial charge on any atom is -0.368 e. The Bertz CT molecular complexity index is 660. The van der Waals surface area contributed by atoms with E-state index < -0.39 is 17.9 Å². The van der Waals surface area contributed by atoms with E-state index in [0.717, 1.165) is 15.6 Å². The van der Waals surface area contributed by atoms with Crippen LogP contribution in [0.1, 0.15) is 23.7 Å².